The Morgan fingerprint density at radius 2 is 2.00 bits per heavy atom. The molecule has 1 heterocycles. The monoisotopic (exact) mass is 264 g/mol. The van der Waals surface area contributed by atoms with Gasteiger partial charge < -0.3 is 27.2 Å². The minimum atomic E-state index is -1.14. The van der Waals surface area contributed by atoms with Crippen LogP contribution in [0.3, 0.4) is 0 Å². The first-order valence-corrected chi connectivity index (χ1v) is 3.57. The van der Waals surface area contributed by atoms with Crippen molar-refractivity contribution in [3.05, 3.63) is 18.7 Å². The number of carboxylic acid groups (broad SMARTS) is 2. The summed E-state index contributed by atoms with van der Waals surface area (Å²) in [6.07, 6.45) is 2.74. The molecule has 14 heavy (non-hydrogen) atoms. The van der Waals surface area contributed by atoms with E-state index in [9.17, 15) is 9.59 Å². The number of nitrogens with zero attached hydrogens (tertiary/aromatic N) is 2. The fraction of sp³-hybridized carbons (Fsp3) is 0.286. The molecule has 0 fully saturated rings. The normalized spacial score (nSPS) is 11.5. The molecule has 0 aliphatic carbocycles. The number of imidazole rings is 1. The standard InChI is InChI=1S/C7H8N2O4.BrH/c1-5(6(10)11)8-2-3-9(4-8)7(12)13;/h2-5H,1H3,(H-,10,11,12,13);1H. The molecule has 78 valence electrons. The van der Waals surface area contributed by atoms with Gasteiger partial charge in [-0.3, -0.25) is 0 Å². The van der Waals surface area contributed by atoms with E-state index in [-0.39, 0.29) is 17.0 Å². The maximum absolute atomic E-state index is 10.5. The SMILES string of the molecule is CC(C(=O)O)[n+]1ccn(C(=O)O)c1.[Br-]. The molecule has 7 heteroatoms. The van der Waals surface area contributed by atoms with Gasteiger partial charge in [0, 0.05) is 0 Å². The highest BCUT2D eigenvalue weighted by Gasteiger charge is 2.20. The van der Waals surface area contributed by atoms with Gasteiger partial charge in [0.2, 0.25) is 0 Å². The molecule has 1 aromatic rings. The maximum atomic E-state index is 10.5. The van der Waals surface area contributed by atoms with Gasteiger partial charge >= 0.3 is 12.1 Å². The van der Waals surface area contributed by atoms with Crippen LogP contribution in [-0.2, 0) is 4.79 Å². The molecule has 0 radical (unpaired) electrons. The topological polar surface area (TPSA) is 83.4 Å². The van der Waals surface area contributed by atoms with Gasteiger partial charge in [0.1, 0.15) is 12.4 Å². The lowest BCUT2D eigenvalue weighted by Crippen LogP contribution is -3.00. The molecule has 1 atom stereocenters. The van der Waals surface area contributed by atoms with Crippen LogP contribution in [0.2, 0.25) is 0 Å². The van der Waals surface area contributed by atoms with Crippen molar-refractivity contribution in [2.75, 3.05) is 0 Å². The molecular weight excluding hydrogens is 256 g/mol. The van der Waals surface area contributed by atoms with Crippen LogP contribution in [0.15, 0.2) is 18.7 Å². The molecular formula is C7H9BrN2O4. The molecule has 0 aliphatic heterocycles. The van der Waals surface area contributed by atoms with E-state index < -0.39 is 18.1 Å². The largest absolute Gasteiger partial charge is 1.00 e. The Morgan fingerprint density at radius 1 is 1.43 bits per heavy atom. The van der Waals surface area contributed by atoms with E-state index in [0.29, 0.717) is 0 Å². The van der Waals surface area contributed by atoms with Crippen LogP contribution in [0.25, 0.3) is 0 Å². The van der Waals surface area contributed by atoms with Crippen molar-refractivity contribution in [2.24, 2.45) is 0 Å². The summed E-state index contributed by atoms with van der Waals surface area (Å²) in [5.41, 5.74) is 0. The zero-order chi connectivity index (χ0) is 10.0. The number of hydrogen-bond donors (Lipinski definition) is 2. The van der Waals surface area contributed by atoms with Crippen molar-refractivity contribution in [1.29, 1.82) is 0 Å². The second kappa shape index (κ2) is 4.75. The van der Waals surface area contributed by atoms with Crippen LogP contribution in [0, 0.1) is 0 Å². The van der Waals surface area contributed by atoms with E-state index >= 15 is 0 Å². The van der Waals surface area contributed by atoms with E-state index in [1.807, 2.05) is 0 Å². The van der Waals surface area contributed by atoms with Gasteiger partial charge in [-0.15, -0.1) is 4.57 Å². The minimum absolute atomic E-state index is 0. The second-order valence-corrected chi connectivity index (χ2v) is 2.56. The third-order valence-corrected chi connectivity index (χ3v) is 1.68. The van der Waals surface area contributed by atoms with E-state index in [1.165, 1.54) is 30.2 Å². The molecule has 6 nitrogen and oxygen atoms in total. The van der Waals surface area contributed by atoms with E-state index in [2.05, 4.69) is 0 Å². The molecule has 0 saturated heterocycles. The molecule has 0 spiro atoms. The Morgan fingerprint density at radius 3 is 2.36 bits per heavy atom. The molecule has 0 aromatic carbocycles. The van der Waals surface area contributed by atoms with Crippen molar-refractivity contribution < 1.29 is 41.4 Å². The number of hydrogen-bond acceptors (Lipinski definition) is 2. The first-order valence-electron chi connectivity index (χ1n) is 3.57. The predicted molar refractivity (Wildman–Crippen MR) is 40.4 cm³/mol. The van der Waals surface area contributed by atoms with Gasteiger partial charge in [-0.25, -0.2) is 9.36 Å². The highest BCUT2D eigenvalue weighted by atomic mass is 79.9. The fourth-order valence-electron chi connectivity index (χ4n) is 0.839. The summed E-state index contributed by atoms with van der Waals surface area (Å²) in [6.45, 7) is 1.47. The summed E-state index contributed by atoms with van der Waals surface area (Å²) in [6, 6.07) is -0.763. The summed E-state index contributed by atoms with van der Waals surface area (Å²) < 4.78 is 2.19. The smallest absolute Gasteiger partial charge is 0.509 e. The van der Waals surface area contributed by atoms with Crippen LogP contribution >= 0.6 is 0 Å². The lowest BCUT2D eigenvalue weighted by Gasteiger charge is -1.98. The molecule has 0 amide bonds. The highest BCUT2D eigenvalue weighted by Crippen LogP contribution is 1.94. The van der Waals surface area contributed by atoms with Gasteiger partial charge in [-0.05, 0) is 6.92 Å². The second-order valence-electron chi connectivity index (χ2n) is 2.56. The third kappa shape index (κ3) is 2.56. The Labute approximate surface area is 90.2 Å². The van der Waals surface area contributed by atoms with Crippen LogP contribution in [0.5, 0.6) is 0 Å². The average Bonchev–Trinajstić information content (AvgIpc) is 2.50. The maximum Gasteiger partial charge on any atom is 0.509 e. The molecule has 0 saturated carbocycles. The molecule has 0 aliphatic rings. The van der Waals surface area contributed by atoms with E-state index in [4.69, 9.17) is 10.2 Å². The number of rotatable bonds is 2. The van der Waals surface area contributed by atoms with Crippen LogP contribution in [0.4, 0.5) is 4.79 Å². The van der Waals surface area contributed by atoms with Crippen LogP contribution < -0.4 is 21.5 Å². The molecule has 0 bridgehead atoms. The number of aromatic nitrogens is 2. The van der Waals surface area contributed by atoms with Gasteiger partial charge in [-0.2, -0.15) is 4.79 Å². The van der Waals surface area contributed by atoms with Crippen molar-refractivity contribution in [3.63, 3.8) is 0 Å². The summed E-state index contributed by atoms with van der Waals surface area (Å²) in [4.78, 5) is 20.9. The zero-order valence-corrected chi connectivity index (χ0v) is 8.88. The third-order valence-electron chi connectivity index (χ3n) is 1.68. The summed E-state index contributed by atoms with van der Waals surface area (Å²) >= 11 is 0. The minimum Gasteiger partial charge on any atom is -1.00 e. The Kier molecular flexibility index (Phi) is 4.29. The molecule has 2 N–H and O–H groups in total. The van der Waals surface area contributed by atoms with Crippen molar-refractivity contribution in [1.82, 2.24) is 4.57 Å². The lowest BCUT2D eigenvalue weighted by molar-refractivity contribution is -0.706. The van der Waals surface area contributed by atoms with Gasteiger partial charge in [0.05, 0.1) is 0 Å². The molecule has 1 unspecified atom stereocenters. The van der Waals surface area contributed by atoms with Crippen molar-refractivity contribution >= 4 is 12.1 Å². The average molecular weight is 265 g/mol. The highest BCUT2D eigenvalue weighted by molar-refractivity contribution is 5.69. The molecule has 1 rings (SSSR count). The summed E-state index contributed by atoms with van der Waals surface area (Å²) in [5, 5.41) is 17.1. The number of aliphatic carboxylic acids is 1. The number of carbonyl (C=O) groups is 2. The molecule has 1 aromatic heterocycles. The quantitative estimate of drug-likeness (QED) is 0.556. The Bertz CT molecular complexity index is 349. The predicted octanol–water partition coefficient (Wildman–Crippen LogP) is -3.05. The van der Waals surface area contributed by atoms with E-state index in [1.54, 1.807) is 0 Å². The first kappa shape index (κ1) is 12.6. The van der Waals surface area contributed by atoms with Crippen molar-refractivity contribution in [3.8, 4) is 0 Å². The van der Waals surface area contributed by atoms with Crippen molar-refractivity contribution in [2.45, 2.75) is 13.0 Å². The van der Waals surface area contributed by atoms with Crippen LogP contribution in [-0.4, -0.2) is 26.8 Å². The first-order chi connectivity index (χ1) is 6.02. The van der Waals surface area contributed by atoms with Gasteiger partial charge in [-0.1, -0.05) is 0 Å². The zero-order valence-electron chi connectivity index (χ0n) is 7.29. The Balaban J connectivity index is 0.00000169. The van der Waals surface area contributed by atoms with Crippen LogP contribution in [0.1, 0.15) is 13.0 Å². The summed E-state index contributed by atoms with van der Waals surface area (Å²) in [5.74, 6) is -1.01. The fourth-order valence-corrected chi connectivity index (χ4v) is 0.839. The van der Waals surface area contributed by atoms with E-state index in [0.717, 1.165) is 4.57 Å². The van der Waals surface area contributed by atoms with Gasteiger partial charge in [0.15, 0.2) is 6.04 Å². The lowest BCUT2D eigenvalue weighted by atomic mass is 10.3. The Hall–Kier alpha value is -1.37. The van der Waals surface area contributed by atoms with Gasteiger partial charge in [0.25, 0.3) is 6.33 Å². The number of halogens is 1. The number of carboxylic acids is 1. The summed E-state index contributed by atoms with van der Waals surface area (Å²) in [7, 11) is 0.